The number of nitrogens with zero attached hydrogens (tertiary/aromatic N) is 2. The number of aryl methyl sites for hydroxylation is 1. The van der Waals surface area contributed by atoms with Crippen LogP contribution in [0, 0.1) is 6.92 Å². The fourth-order valence-electron chi connectivity index (χ4n) is 3.87. The van der Waals surface area contributed by atoms with Crippen LogP contribution in [0.3, 0.4) is 0 Å². The molecular formula is C27H43N5O2. The van der Waals surface area contributed by atoms with E-state index in [0.29, 0.717) is 6.54 Å². The van der Waals surface area contributed by atoms with Crippen LogP contribution in [-0.2, 0) is 4.79 Å². The first-order chi connectivity index (χ1) is 16.4. The molecule has 34 heavy (non-hydrogen) atoms. The van der Waals surface area contributed by atoms with Gasteiger partial charge in [-0.1, -0.05) is 12.5 Å². The summed E-state index contributed by atoms with van der Waals surface area (Å²) in [5.74, 6) is -0.00391. The molecule has 2 rings (SSSR count). The van der Waals surface area contributed by atoms with E-state index in [9.17, 15) is 4.79 Å². The number of allylic oxidation sites excluding steroid dienone is 1. The van der Waals surface area contributed by atoms with Crippen molar-refractivity contribution in [1.82, 2.24) is 25.8 Å². The summed E-state index contributed by atoms with van der Waals surface area (Å²) < 4.78 is 0. The lowest BCUT2D eigenvalue weighted by atomic mass is 9.96. The third-order valence-corrected chi connectivity index (χ3v) is 6.13. The molecule has 0 radical (unpaired) electrons. The Morgan fingerprint density at radius 1 is 1.29 bits per heavy atom. The minimum Gasteiger partial charge on any atom is -0.395 e. The molecule has 1 aromatic heterocycles. The van der Waals surface area contributed by atoms with E-state index >= 15 is 0 Å². The standard InChI is InChI=1S/C27H43N5O2/c1-6-20(2)25(22(4)32(24-10-11-24)27(34)12-15-29-16-17-33)18-26(30-14-7-13-28-5)23-9-8-21(3)31-19-23/h8-9,12,15,18-19,22,24,28-30,33H,6-7,10-11,13-14,16-17H2,1-5H3/b15-12+,25-20-,26-18-/t22-/m1/s1. The van der Waals surface area contributed by atoms with E-state index in [0.717, 1.165) is 61.3 Å². The van der Waals surface area contributed by atoms with Gasteiger partial charge in [-0.2, -0.15) is 0 Å². The van der Waals surface area contributed by atoms with E-state index in [4.69, 9.17) is 5.11 Å². The Labute approximate surface area is 205 Å². The number of aliphatic hydroxyl groups excluding tert-OH is 1. The average Bonchev–Trinajstić information content (AvgIpc) is 3.67. The molecule has 1 amide bonds. The van der Waals surface area contributed by atoms with Gasteiger partial charge in [-0.15, -0.1) is 0 Å². The zero-order valence-electron chi connectivity index (χ0n) is 21.5. The van der Waals surface area contributed by atoms with E-state index in [1.165, 1.54) is 5.57 Å². The van der Waals surface area contributed by atoms with Gasteiger partial charge in [0.2, 0.25) is 5.91 Å². The molecule has 0 aliphatic heterocycles. The van der Waals surface area contributed by atoms with Crippen molar-refractivity contribution in [3.05, 3.63) is 59.1 Å². The molecule has 7 nitrogen and oxygen atoms in total. The lowest BCUT2D eigenvalue weighted by molar-refractivity contribution is -0.127. The molecule has 0 unspecified atom stereocenters. The number of aliphatic hydroxyl groups is 1. The number of pyridine rings is 1. The van der Waals surface area contributed by atoms with Gasteiger partial charge >= 0.3 is 0 Å². The minimum absolute atomic E-state index is 0.00391. The van der Waals surface area contributed by atoms with Crippen LogP contribution in [0.1, 0.15) is 57.7 Å². The highest BCUT2D eigenvalue weighted by Crippen LogP contribution is 2.33. The van der Waals surface area contributed by atoms with Gasteiger partial charge < -0.3 is 26.0 Å². The molecule has 1 atom stereocenters. The van der Waals surface area contributed by atoms with Gasteiger partial charge in [-0.3, -0.25) is 9.78 Å². The Kier molecular flexibility index (Phi) is 11.8. The summed E-state index contributed by atoms with van der Waals surface area (Å²) in [4.78, 5) is 19.7. The van der Waals surface area contributed by atoms with Crippen molar-refractivity contribution in [2.45, 2.75) is 65.5 Å². The molecule has 0 bridgehead atoms. The van der Waals surface area contributed by atoms with Crippen LogP contribution >= 0.6 is 0 Å². The SMILES string of the molecule is CC/C(C)=C(/C=C(\NCCCNC)c1ccc(C)nc1)[C@@H](C)N(C(=O)/C=C/NCCO)C1CC1. The van der Waals surface area contributed by atoms with Gasteiger partial charge in [0, 0.05) is 54.6 Å². The van der Waals surface area contributed by atoms with E-state index in [1.54, 1.807) is 12.3 Å². The molecule has 1 saturated carbocycles. The van der Waals surface area contributed by atoms with Crippen molar-refractivity contribution < 1.29 is 9.90 Å². The van der Waals surface area contributed by atoms with E-state index < -0.39 is 0 Å². The fraction of sp³-hybridized carbons (Fsp3) is 0.556. The number of rotatable bonds is 15. The van der Waals surface area contributed by atoms with Crippen LogP contribution in [0.2, 0.25) is 0 Å². The molecule has 0 saturated heterocycles. The molecule has 188 valence electrons. The van der Waals surface area contributed by atoms with Crippen LogP contribution in [-0.4, -0.2) is 66.3 Å². The van der Waals surface area contributed by atoms with Crippen LogP contribution in [0.4, 0.5) is 0 Å². The third-order valence-electron chi connectivity index (χ3n) is 6.13. The maximum Gasteiger partial charge on any atom is 0.248 e. The summed E-state index contributed by atoms with van der Waals surface area (Å²) in [7, 11) is 1.96. The molecule has 1 fully saturated rings. The molecule has 0 aromatic carbocycles. The van der Waals surface area contributed by atoms with Crippen molar-refractivity contribution in [2.24, 2.45) is 0 Å². The first kappa shape index (κ1) is 27.6. The highest BCUT2D eigenvalue weighted by Gasteiger charge is 2.36. The minimum atomic E-state index is -0.0602. The van der Waals surface area contributed by atoms with Crippen molar-refractivity contribution >= 4 is 11.6 Å². The van der Waals surface area contributed by atoms with E-state index in [2.05, 4.69) is 53.8 Å². The quantitative estimate of drug-likeness (QED) is 0.179. The Hall–Kier alpha value is -2.64. The monoisotopic (exact) mass is 469 g/mol. The summed E-state index contributed by atoms with van der Waals surface area (Å²) in [5.41, 5.74) is 5.49. The molecule has 1 heterocycles. The second-order valence-corrected chi connectivity index (χ2v) is 8.88. The average molecular weight is 470 g/mol. The van der Waals surface area contributed by atoms with E-state index in [1.807, 2.05) is 31.1 Å². The van der Waals surface area contributed by atoms with Gasteiger partial charge in [-0.05, 0) is 83.8 Å². The highest BCUT2D eigenvalue weighted by molar-refractivity contribution is 5.88. The summed E-state index contributed by atoms with van der Waals surface area (Å²) >= 11 is 0. The number of aromatic nitrogens is 1. The zero-order chi connectivity index (χ0) is 24.9. The molecule has 1 aromatic rings. The Morgan fingerprint density at radius 3 is 2.65 bits per heavy atom. The predicted octanol–water partition coefficient (Wildman–Crippen LogP) is 3.13. The molecule has 1 aliphatic rings. The summed E-state index contributed by atoms with van der Waals surface area (Å²) in [5, 5.41) is 18.7. The summed E-state index contributed by atoms with van der Waals surface area (Å²) in [6, 6.07) is 4.34. The first-order valence-electron chi connectivity index (χ1n) is 12.5. The molecular weight excluding hydrogens is 426 g/mol. The van der Waals surface area contributed by atoms with E-state index in [-0.39, 0.29) is 24.6 Å². The number of nitrogens with one attached hydrogen (secondary N) is 3. The number of carbonyl (C=O) groups is 1. The number of amides is 1. The second kappa shape index (κ2) is 14.6. The third kappa shape index (κ3) is 8.61. The molecule has 7 heteroatoms. The summed E-state index contributed by atoms with van der Waals surface area (Å²) in [6.45, 7) is 10.7. The van der Waals surface area contributed by atoms with Crippen LogP contribution in [0.5, 0.6) is 0 Å². The van der Waals surface area contributed by atoms with Crippen molar-refractivity contribution in [3.63, 3.8) is 0 Å². The summed E-state index contributed by atoms with van der Waals surface area (Å²) in [6.07, 6.45) is 11.3. The van der Waals surface area contributed by atoms with Crippen molar-refractivity contribution in [1.29, 1.82) is 0 Å². The number of hydrogen-bond donors (Lipinski definition) is 4. The smallest absolute Gasteiger partial charge is 0.248 e. The van der Waals surface area contributed by atoms with Crippen molar-refractivity contribution in [3.8, 4) is 0 Å². The Morgan fingerprint density at radius 2 is 2.06 bits per heavy atom. The number of carbonyl (C=O) groups excluding carboxylic acids is 1. The number of hydrogen-bond acceptors (Lipinski definition) is 6. The lowest BCUT2D eigenvalue weighted by Gasteiger charge is -2.31. The maximum atomic E-state index is 13.1. The maximum absolute atomic E-state index is 13.1. The van der Waals surface area contributed by atoms with Gasteiger partial charge in [0.15, 0.2) is 0 Å². The topological polar surface area (TPSA) is 89.5 Å². The molecule has 1 aliphatic carbocycles. The van der Waals surface area contributed by atoms with Gasteiger partial charge in [0.1, 0.15) is 0 Å². The van der Waals surface area contributed by atoms with Crippen LogP contribution in [0.15, 0.2) is 47.8 Å². The van der Waals surface area contributed by atoms with Gasteiger partial charge in [0.25, 0.3) is 0 Å². The largest absolute Gasteiger partial charge is 0.395 e. The zero-order valence-corrected chi connectivity index (χ0v) is 21.5. The van der Waals surface area contributed by atoms with Crippen LogP contribution in [0.25, 0.3) is 5.70 Å². The van der Waals surface area contributed by atoms with Gasteiger partial charge in [-0.25, -0.2) is 0 Å². The molecule has 4 N–H and O–H groups in total. The second-order valence-electron chi connectivity index (χ2n) is 8.88. The predicted molar refractivity (Wildman–Crippen MR) is 140 cm³/mol. The van der Waals surface area contributed by atoms with Crippen LogP contribution < -0.4 is 16.0 Å². The Bertz CT molecular complexity index is 856. The van der Waals surface area contributed by atoms with Crippen molar-refractivity contribution in [2.75, 3.05) is 33.3 Å². The fourth-order valence-corrected chi connectivity index (χ4v) is 3.87. The Balaban J connectivity index is 2.38. The first-order valence-corrected chi connectivity index (χ1v) is 12.5. The van der Waals surface area contributed by atoms with Gasteiger partial charge in [0.05, 0.1) is 12.6 Å². The molecule has 0 spiro atoms. The highest BCUT2D eigenvalue weighted by atomic mass is 16.3. The lowest BCUT2D eigenvalue weighted by Crippen LogP contribution is -2.41. The normalized spacial score (nSPS) is 15.8.